The second-order valence-corrected chi connectivity index (χ2v) is 6.67. The van der Waals surface area contributed by atoms with Gasteiger partial charge >= 0.3 is 11.9 Å². The summed E-state index contributed by atoms with van der Waals surface area (Å²) >= 11 is 0. The topological polar surface area (TPSA) is 87.5 Å². The van der Waals surface area contributed by atoms with E-state index >= 15 is 0 Å². The van der Waals surface area contributed by atoms with Crippen LogP contribution < -0.4 is 5.56 Å². The average Bonchev–Trinajstić information content (AvgIpc) is 3.03. The number of carbonyl (C=O) groups is 2. The zero-order valence-electron chi connectivity index (χ0n) is 15.9. The van der Waals surface area contributed by atoms with Gasteiger partial charge in [-0.15, -0.1) is 0 Å². The van der Waals surface area contributed by atoms with Crippen LogP contribution >= 0.6 is 0 Å². The summed E-state index contributed by atoms with van der Waals surface area (Å²) in [5, 5.41) is 0.620. The molecule has 7 nitrogen and oxygen atoms in total. The molecule has 144 valence electrons. The molecule has 1 atom stereocenters. The minimum Gasteiger partial charge on any atom is -0.465 e. The van der Waals surface area contributed by atoms with Crippen LogP contribution in [-0.2, 0) is 25.6 Å². The third-order valence-corrected chi connectivity index (χ3v) is 4.95. The maximum absolute atomic E-state index is 12.9. The molecule has 0 amide bonds. The SMILES string of the molecule is CCOC(=O)C(CC1CCn2c1nc1cccc(C)c1c2=O)C(=O)OCC. The third-order valence-electron chi connectivity index (χ3n) is 4.95. The normalized spacial score (nSPS) is 15.8. The fourth-order valence-electron chi connectivity index (χ4n) is 3.67. The minimum absolute atomic E-state index is 0.0700. The molecule has 3 rings (SSSR count). The Morgan fingerprint density at radius 2 is 1.89 bits per heavy atom. The van der Waals surface area contributed by atoms with Gasteiger partial charge in [-0.3, -0.25) is 19.0 Å². The molecule has 0 fully saturated rings. The molecular weight excluding hydrogens is 348 g/mol. The van der Waals surface area contributed by atoms with Crippen LogP contribution in [0.5, 0.6) is 0 Å². The van der Waals surface area contributed by atoms with Gasteiger partial charge in [-0.1, -0.05) is 12.1 Å². The maximum atomic E-state index is 12.9. The van der Waals surface area contributed by atoms with E-state index < -0.39 is 17.9 Å². The molecule has 0 bridgehead atoms. The molecule has 1 unspecified atom stereocenters. The number of hydrogen-bond donors (Lipinski definition) is 0. The van der Waals surface area contributed by atoms with Crippen molar-refractivity contribution in [1.29, 1.82) is 0 Å². The quantitative estimate of drug-likeness (QED) is 0.571. The van der Waals surface area contributed by atoms with E-state index in [0.717, 1.165) is 5.56 Å². The van der Waals surface area contributed by atoms with Gasteiger partial charge in [-0.25, -0.2) is 4.98 Å². The Bertz CT molecular complexity index is 916. The van der Waals surface area contributed by atoms with Crippen molar-refractivity contribution in [2.45, 2.75) is 46.1 Å². The molecule has 1 aliphatic rings. The summed E-state index contributed by atoms with van der Waals surface area (Å²) in [6, 6.07) is 5.57. The van der Waals surface area contributed by atoms with Crippen LogP contribution in [0.2, 0.25) is 0 Å². The van der Waals surface area contributed by atoms with E-state index in [1.165, 1.54) is 0 Å². The van der Waals surface area contributed by atoms with E-state index in [1.54, 1.807) is 18.4 Å². The number of nitrogens with zero attached hydrogens (tertiary/aromatic N) is 2. The van der Waals surface area contributed by atoms with Crippen LogP contribution in [0.4, 0.5) is 0 Å². The molecule has 2 heterocycles. The summed E-state index contributed by atoms with van der Waals surface area (Å²) in [4.78, 5) is 42.1. The van der Waals surface area contributed by atoms with Crippen molar-refractivity contribution in [3.8, 4) is 0 Å². The molecule has 7 heteroatoms. The fourth-order valence-corrected chi connectivity index (χ4v) is 3.67. The Morgan fingerprint density at radius 1 is 1.22 bits per heavy atom. The molecule has 0 N–H and O–H groups in total. The highest BCUT2D eigenvalue weighted by atomic mass is 16.6. The lowest BCUT2D eigenvalue weighted by Gasteiger charge is -2.18. The molecule has 0 spiro atoms. The number of carbonyl (C=O) groups excluding carboxylic acids is 2. The van der Waals surface area contributed by atoms with Gasteiger partial charge in [-0.2, -0.15) is 0 Å². The van der Waals surface area contributed by atoms with Gasteiger partial charge in [0.25, 0.3) is 5.56 Å². The van der Waals surface area contributed by atoms with Crippen LogP contribution in [0, 0.1) is 12.8 Å². The molecule has 0 radical (unpaired) electrons. The first-order valence-electron chi connectivity index (χ1n) is 9.31. The van der Waals surface area contributed by atoms with E-state index in [2.05, 4.69) is 4.98 Å². The van der Waals surface area contributed by atoms with Gasteiger partial charge in [0.05, 0.1) is 24.1 Å². The first-order valence-corrected chi connectivity index (χ1v) is 9.31. The summed E-state index contributed by atoms with van der Waals surface area (Å²) in [5.41, 5.74) is 1.46. The van der Waals surface area contributed by atoms with Crippen LogP contribution in [0.3, 0.4) is 0 Å². The zero-order chi connectivity index (χ0) is 19.6. The molecular formula is C20H24N2O5. The Labute approximate surface area is 157 Å². The number of benzene rings is 1. The van der Waals surface area contributed by atoms with Crippen LogP contribution in [0.25, 0.3) is 10.9 Å². The van der Waals surface area contributed by atoms with Crippen molar-refractivity contribution >= 4 is 22.8 Å². The number of ether oxygens (including phenoxy) is 2. The number of aryl methyl sites for hydroxylation is 1. The van der Waals surface area contributed by atoms with Gasteiger partial charge in [0, 0.05) is 12.5 Å². The van der Waals surface area contributed by atoms with E-state index in [0.29, 0.717) is 29.7 Å². The van der Waals surface area contributed by atoms with Crippen molar-refractivity contribution in [1.82, 2.24) is 9.55 Å². The molecule has 0 saturated heterocycles. The monoisotopic (exact) mass is 372 g/mol. The fraction of sp³-hybridized carbons (Fsp3) is 0.500. The lowest BCUT2D eigenvalue weighted by Crippen LogP contribution is -2.30. The second kappa shape index (κ2) is 7.90. The molecule has 27 heavy (non-hydrogen) atoms. The lowest BCUT2D eigenvalue weighted by molar-refractivity contribution is -0.162. The Balaban J connectivity index is 1.96. The smallest absolute Gasteiger partial charge is 0.320 e. The lowest BCUT2D eigenvalue weighted by atomic mass is 9.92. The molecule has 2 aromatic rings. The zero-order valence-corrected chi connectivity index (χ0v) is 15.9. The molecule has 1 aliphatic heterocycles. The van der Waals surface area contributed by atoms with E-state index in [9.17, 15) is 14.4 Å². The van der Waals surface area contributed by atoms with Gasteiger partial charge in [0.2, 0.25) is 0 Å². The molecule has 1 aromatic heterocycles. The van der Waals surface area contributed by atoms with Gasteiger partial charge in [0.15, 0.2) is 5.92 Å². The number of fused-ring (bicyclic) bond motifs is 2. The third kappa shape index (κ3) is 3.59. The largest absolute Gasteiger partial charge is 0.465 e. The number of rotatable bonds is 6. The van der Waals surface area contributed by atoms with E-state index in [4.69, 9.17) is 9.47 Å². The minimum atomic E-state index is -1.01. The van der Waals surface area contributed by atoms with Crippen molar-refractivity contribution in [3.63, 3.8) is 0 Å². The predicted molar refractivity (Wildman–Crippen MR) is 99.5 cm³/mol. The molecule has 1 aromatic carbocycles. The number of hydrogen-bond acceptors (Lipinski definition) is 6. The molecule has 0 aliphatic carbocycles. The van der Waals surface area contributed by atoms with Crippen molar-refractivity contribution in [3.05, 3.63) is 39.9 Å². The highest BCUT2D eigenvalue weighted by Gasteiger charge is 2.36. The second-order valence-electron chi connectivity index (χ2n) is 6.67. The Hall–Kier alpha value is -2.70. The predicted octanol–water partition coefficient (Wildman–Crippen LogP) is 2.32. The van der Waals surface area contributed by atoms with Gasteiger partial charge < -0.3 is 9.47 Å². The summed E-state index contributed by atoms with van der Waals surface area (Å²) in [6.07, 6.45) is 0.869. The standard InChI is InChI=1S/C20H24N2O5/c1-4-26-19(24)14(20(25)27-5-2)11-13-9-10-22-17(13)21-15-8-6-7-12(3)16(15)18(22)23/h6-8,13-14H,4-5,9-11H2,1-3H3. The maximum Gasteiger partial charge on any atom is 0.320 e. The summed E-state index contributed by atoms with van der Waals surface area (Å²) in [7, 11) is 0. The Kier molecular flexibility index (Phi) is 5.58. The highest BCUT2D eigenvalue weighted by molar-refractivity contribution is 5.95. The van der Waals surface area contributed by atoms with Crippen molar-refractivity contribution < 1.29 is 19.1 Å². The van der Waals surface area contributed by atoms with Crippen molar-refractivity contribution in [2.75, 3.05) is 13.2 Å². The van der Waals surface area contributed by atoms with Crippen molar-refractivity contribution in [2.24, 2.45) is 5.92 Å². The van der Waals surface area contributed by atoms with Crippen LogP contribution in [0.1, 0.15) is 44.0 Å². The van der Waals surface area contributed by atoms with E-state index in [-0.39, 0.29) is 31.1 Å². The molecule has 0 saturated carbocycles. The van der Waals surface area contributed by atoms with Crippen LogP contribution in [0.15, 0.2) is 23.0 Å². The first-order chi connectivity index (χ1) is 13.0. The van der Waals surface area contributed by atoms with E-state index in [1.807, 2.05) is 25.1 Å². The summed E-state index contributed by atoms with van der Waals surface area (Å²) in [5.74, 6) is -1.74. The summed E-state index contributed by atoms with van der Waals surface area (Å²) < 4.78 is 11.8. The van der Waals surface area contributed by atoms with Gasteiger partial charge in [-0.05, 0) is 45.2 Å². The average molecular weight is 372 g/mol. The van der Waals surface area contributed by atoms with Crippen LogP contribution in [-0.4, -0.2) is 34.7 Å². The first kappa shape index (κ1) is 19.1. The number of esters is 2. The number of aromatic nitrogens is 2. The Morgan fingerprint density at radius 3 is 2.52 bits per heavy atom. The van der Waals surface area contributed by atoms with Gasteiger partial charge in [0.1, 0.15) is 5.82 Å². The highest BCUT2D eigenvalue weighted by Crippen LogP contribution is 2.33. The summed E-state index contributed by atoms with van der Waals surface area (Å²) in [6.45, 7) is 6.19.